The van der Waals surface area contributed by atoms with Gasteiger partial charge in [-0.1, -0.05) is 64.5 Å². The first kappa shape index (κ1) is 16.6. The molecular formula is C22H16BrN2O+. The second-order valence-corrected chi connectivity index (χ2v) is 7.03. The van der Waals surface area contributed by atoms with Gasteiger partial charge in [-0.25, -0.2) is 4.57 Å². The predicted molar refractivity (Wildman–Crippen MR) is 106 cm³/mol. The summed E-state index contributed by atoms with van der Waals surface area (Å²) in [6.07, 6.45) is 3.59. The molecule has 4 aromatic rings. The number of hydrogen-bond acceptors (Lipinski definition) is 2. The molecule has 126 valence electrons. The molecule has 0 saturated heterocycles. The molecule has 0 aliphatic carbocycles. The van der Waals surface area contributed by atoms with Crippen molar-refractivity contribution in [1.29, 1.82) is 0 Å². The summed E-state index contributed by atoms with van der Waals surface area (Å²) in [7, 11) is 0. The molecule has 0 aliphatic rings. The fraction of sp³-hybridized carbons (Fsp3) is 0.0455. The molecule has 0 atom stereocenters. The lowest BCUT2D eigenvalue weighted by Crippen LogP contribution is -2.37. The first-order valence-electron chi connectivity index (χ1n) is 8.32. The summed E-state index contributed by atoms with van der Waals surface area (Å²) in [5, 5.41) is 2.21. The Hall–Kier alpha value is -2.85. The van der Waals surface area contributed by atoms with Crippen molar-refractivity contribution in [2.45, 2.75) is 6.54 Å². The number of benzene rings is 3. The molecule has 1 aromatic heterocycles. The molecule has 26 heavy (non-hydrogen) atoms. The van der Waals surface area contributed by atoms with Crippen LogP contribution in [0, 0.1) is 0 Å². The van der Waals surface area contributed by atoms with Gasteiger partial charge in [-0.2, -0.15) is 0 Å². The molecule has 0 bridgehead atoms. The molecule has 0 fully saturated rings. The summed E-state index contributed by atoms with van der Waals surface area (Å²) in [4.78, 5) is 17.1. The first-order valence-corrected chi connectivity index (χ1v) is 9.11. The van der Waals surface area contributed by atoms with Crippen LogP contribution in [0.3, 0.4) is 0 Å². The lowest BCUT2D eigenvalue weighted by Gasteiger charge is -2.03. The average molecular weight is 404 g/mol. The SMILES string of the molecule is O=C(C[n+]1ccc(-c2cccc(Br)c2)nc1)c1ccc2ccccc2c1. The van der Waals surface area contributed by atoms with Crippen molar-refractivity contribution < 1.29 is 9.36 Å². The Morgan fingerprint density at radius 3 is 2.54 bits per heavy atom. The van der Waals surface area contributed by atoms with Crippen LogP contribution < -0.4 is 4.57 Å². The summed E-state index contributed by atoms with van der Waals surface area (Å²) in [5.41, 5.74) is 2.63. The minimum atomic E-state index is 0.0674. The number of carbonyl (C=O) groups excluding carboxylic acids is 1. The van der Waals surface area contributed by atoms with Gasteiger partial charge in [-0.15, -0.1) is 0 Å². The Morgan fingerprint density at radius 1 is 0.923 bits per heavy atom. The number of rotatable bonds is 4. The van der Waals surface area contributed by atoms with Gasteiger partial charge >= 0.3 is 0 Å². The van der Waals surface area contributed by atoms with Gasteiger partial charge in [0, 0.05) is 21.7 Å². The lowest BCUT2D eigenvalue weighted by atomic mass is 10.0. The van der Waals surface area contributed by atoms with Crippen molar-refractivity contribution in [1.82, 2.24) is 4.98 Å². The molecule has 0 radical (unpaired) electrons. The van der Waals surface area contributed by atoms with E-state index in [1.165, 1.54) is 0 Å². The quantitative estimate of drug-likeness (QED) is 0.361. The highest BCUT2D eigenvalue weighted by atomic mass is 79.9. The summed E-state index contributed by atoms with van der Waals surface area (Å²) in [6.45, 7) is 0.268. The molecule has 3 aromatic carbocycles. The zero-order valence-electron chi connectivity index (χ0n) is 14.0. The van der Waals surface area contributed by atoms with Crippen LogP contribution in [0.2, 0.25) is 0 Å². The van der Waals surface area contributed by atoms with E-state index in [1.807, 2.05) is 79.0 Å². The fourth-order valence-corrected chi connectivity index (χ4v) is 3.32. The molecule has 0 saturated carbocycles. The summed E-state index contributed by atoms with van der Waals surface area (Å²) in [5.74, 6) is 0.0674. The third-order valence-corrected chi connectivity index (χ3v) is 4.78. The Morgan fingerprint density at radius 2 is 1.77 bits per heavy atom. The lowest BCUT2D eigenvalue weighted by molar-refractivity contribution is -0.686. The third-order valence-electron chi connectivity index (χ3n) is 4.29. The van der Waals surface area contributed by atoms with Gasteiger partial charge in [-0.05, 0) is 34.0 Å². The van der Waals surface area contributed by atoms with E-state index >= 15 is 0 Å². The van der Waals surface area contributed by atoms with Crippen LogP contribution in [0.4, 0.5) is 0 Å². The molecule has 3 nitrogen and oxygen atoms in total. The summed E-state index contributed by atoms with van der Waals surface area (Å²) in [6, 6.07) is 23.8. The van der Waals surface area contributed by atoms with Crippen LogP contribution in [0.5, 0.6) is 0 Å². The largest absolute Gasteiger partial charge is 0.290 e. The van der Waals surface area contributed by atoms with Gasteiger partial charge in [0.05, 0.1) is 6.20 Å². The molecule has 0 amide bonds. The maximum absolute atomic E-state index is 12.6. The first-order chi connectivity index (χ1) is 12.7. The molecule has 0 N–H and O–H groups in total. The van der Waals surface area contributed by atoms with Crippen LogP contribution in [0.25, 0.3) is 22.0 Å². The highest BCUT2D eigenvalue weighted by Crippen LogP contribution is 2.20. The van der Waals surface area contributed by atoms with Crippen LogP contribution in [-0.2, 0) is 6.54 Å². The van der Waals surface area contributed by atoms with Crippen molar-refractivity contribution >= 4 is 32.5 Å². The Balaban J connectivity index is 1.53. The summed E-state index contributed by atoms with van der Waals surface area (Å²) >= 11 is 3.47. The highest BCUT2D eigenvalue weighted by Gasteiger charge is 2.12. The Labute approximate surface area is 160 Å². The number of fused-ring (bicyclic) bond motifs is 1. The predicted octanol–water partition coefficient (Wildman–Crippen LogP) is 4.83. The number of Topliss-reactive ketones (excluding diaryl/α,β-unsaturated/α-hetero) is 1. The zero-order valence-corrected chi connectivity index (χ0v) is 15.6. The molecule has 0 unspecified atom stereocenters. The van der Waals surface area contributed by atoms with E-state index < -0.39 is 0 Å². The molecule has 0 spiro atoms. The summed E-state index contributed by atoms with van der Waals surface area (Å²) < 4.78 is 2.82. The van der Waals surface area contributed by atoms with Gasteiger partial charge in [-0.3, -0.25) is 4.79 Å². The van der Waals surface area contributed by atoms with E-state index in [0.29, 0.717) is 5.56 Å². The Kier molecular flexibility index (Phi) is 4.59. The normalized spacial score (nSPS) is 10.8. The van der Waals surface area contributed by atoms with Crippen LogP contribution in [-0.4, -0.2) is 10.8 Å². The minimum Gasteiger partial charge on any atom is -0.290 e. The van der Waals surface area contributed by atoms with Crippen molar-refractivity contribution in [2.24, 2.45) is 0 Å². The monoisotopic (exact) mass is 403 g/mol. The van der Waals surface area contributed by atoms with Gasteiger partial charge in [0.1, 0.15) is 0 Å². The van der Waals surface area contributed by atoms with E-state index in [9.17, 15) is 4.79 Å². The molecule has 0 aliphatic heterocycles. The topological polar surface area (TPSA) is 33.8 Å². The third kappa shape index (κ3) is 3.55. The van der Waals surface area contributed by atoms with Gasteiger partial charge in [0.15, 0.2) is 12.2 Å². The number of carbonyl (C=O) groups is 1. The fourth-order valence-electron chi connectivity index (χ4n) is 2.92. The van der Waals surface area contributed by atoms with E-state index in [-0.39, 0.29) is 12.3 Å². The smallest absolute Gasteiger partial charge is 0.287 e. The number of hydrogen-bond donors (Lipinski definition) is 0. The number of ketones is 1. The van der Waals surface area contributed by atoms with E-state index in [4.69, 9.17) is 0 Å². The second kappa shape index (κ2) is 7.18. The van der Waals surface area contributed by atoms with Crippen LogP contribution >= 0.6 is 15.9 Å². The van der Waals surface area contributed by atoms with Crippen molar-refractivity contribution in [3.63, 3.8) is 0 Å². The van der Waals surface area contributed by atoms with Gasteiger partial charge in [0.25, 0.3) is 6.33 Å². The molecule has 4 rings (SSSR count). The Bertz CT molecular complexity index is 1090. The zero-order chi connectivity index (χ0) is 17.9. The van der Waals surface area contributed by atoms with E-state index in [0.717, 1.165) is 26.5 Å². The molecular weight excluding hydrogens is 388 g/mol. The minimum absolute atomic E-state index is 0.0674. The van der Waals surface area contributed by atoms with Crippen LogP contribution in [0.1, 0.15) is 10.4 Å². The van der Waals surface area contributed by atoms with E-state index in [2.05, 4.69) is 20.9 Å². The second-order valence-electron chi connectivity index (χ2n) is 6.11. The van der Waals surface area contributed by atoms with Crippen molar-refractivity contribution in [2.75, 3.05) is 0 Å². The van der Waals surface area contributed by atoms with Gasteiger partial charge in [0.2, 0.25) is 5.78 Å². The van der Waals surface area contributed by atoms with Crippen molar-refractivity contribution in [3.8, 4) is 11.3 Å². The molecule has 4 heteroatoms. The number of aromatic nitrogens is 2. The van der Waals surface area contributed by atoms with Crippen molar-refractivity contribution in [3.05, 3.63) is 95.4 Å². The highest BCUT2D eigenvalue weighted by molar-refractivity contribution is 9.10. The number of nitrogens with zero attached hydrogens (tertiary/aromatic N) is 2. The average Bonchev–Trinajstić information content (AvgIpc) is 2.68. The van der Waals surface area contributed by atoms with Gasteiger partial charge < -0.3 is 0 Å². The maximum atomic E-state index is 12.6. The van der Waals surface area contributed by atoms with E-state index in [1.54, 1.807) is 10.9 Å². The number of halogens is 1. The maximum Gasteiger partial charge on any atom is 0.287 e. The van der Waals surface area contributed by atoms with Crippen LogP contribution in [0.15, 0.2) is 89.8 Å². The standard InChI is InChI=1S/C22H16BrN2O/c23-20-7-3-6-18(13-20)21-10-11-25(15-24-21)14-22(26)19-9-8-16-4-1-2-5-17(16)12-19/h1-13,15H,14H2/q+1. The molecule has 1 heterocycles.